The molecule has 1 saturated heterocycles. The van der Waals surface area contributed by atoms with Crippen molar-refractivity contribution < 1.29 is 23.5 Å². The van der Waals surface area contributed by atoms with Crippen LogP contribution in [0.4, 0.5) is 14.9 Å². The Morgan fingerprint density at radius 2 is 1.81 bits per heavy atom. The maximum Gasteiger partial charge on any atom is 0.316 e. The number of hydrogen-bond acceptors (Lipinski definition) is 4. The number of urea groups is 1. The van der Waals surface area contributed by atoms with Gasteiger partial charge in [0.2, 0.25) is 0 Å². The number of primary amides is 1. The number of amides is 3. The van der Waals surface area contributed by atoms with Gasteiger partial charge in [0.25, 0.3) is 5.91 Å². The van der Waals surface area contributed by atoms with Gasteiger partial charge in [-0.3, -0.25) is 9.59 Å². The number of nitrogens with two attached hydrogens (primary N) is 1. The summed E-state index contributed by atoms with van der Waals surface area (Å²) in [6.07, 6.45) is 0.981. The lowest BCUT2D eigenvalue weighted by molar-refractivity contribution is -0.135. The third-order valence-corrected chi connectivity index (χ3v) is 5.66. The number of carbonyl (C=O) groups excluding carboxylic acids is 3. The quantitative estimate of drug-likeness (QED) is 0.656. The fraction of sp³-hybridized carbons (Fsp3) is 0.318. The first-order valence-corrected chi connectivity index (χ1v) is 10.1. The van der Waals surface area contributed by atoms with Crippen LogP contribution in [-0.2, 0) is 4.79 Å². The van der Waals surface area contributed by atoms with Crippen molar-refractivity contribution in [2.45, 2.75) is 19.8 Å². The standard InChI is InChI=1S/C22H23ClFN3O4/c1-22(20(29)14-2-5-16(24)6-3-14)8-10-27(11-9-22)19(28)13-31-18-7-4-15(23)12-17(18)26-21(25)30/h2-7,12H,8-11,13H2,1H3,(H3,25,26,30). The number of nitrogens with one attached hydrogen (secondary N) is 1. The van der Waals surface area contributed by atoms with E-state index < -0.39 is 17.3 Å². The van der Waals surface area contributed by atoms with E-state index >= 15 is 0 Å². The van der Waals surface area contributed by atoms with Crippen LogP contribution in [0.5, 0.6) is 5.75 Å². The number of rotatable bonds is 6. The number of nitrogens with zero attached hydrogens (tertiary/aromatic N) is 1. The Kier molecular flexibility index (Phi) is 6.80. The third-order valence-electron chi connectivity index (χ3n) is 5.42. The number of carbonyl (C=O) groups is 3. The van der Waals surface area contributed by atoms with Crippen molar-refractivity contribution >= 4 is 35.0 Å². The predicted molar refractivity (Wildman–Crippen MR) is 115 cm³/mol. The summed E-state index contributed by atoms with van der Waals surface area (Å²) in [5, 5.41) is 2.78. The fourth-order valence-corrected chi connectivity index (χ4v) is 3.69. The molecule has 0 spiro atoms. The van der Waals surface area contributed by atoms with Gasteiger partial charge in [-0.2, -0.15) is 0 Å². The summed E-state index contributed by atoms with van der Waals surface area (Å²) in [7, 11) is 0. The molecule has 164 valence electrons. The van der Waals surface area contributed by atoms with Gasteiger partial charge in [0, 0.05) is 29.1 Å². The maximum absolute atomic E-state index is 13.1. The van der Waals surface area contributed by atoms with Crippen molar-refractivity contribution in [3.63, 3.8) is 0 Å². The van der Waals surface area contributed by atoms with Crippen LogP contribution in [-0.4, -0.2) is 42.3 Å². The molecule has 0 atom stereocenters. The number of ether oxygens (including phenoxy) is 1. The van der Waals surface area contributed by atoms with Crippen LogP contribution < -0.4 is 15.8 Å². The first-order valence-electron chi connectivity index (χ1n) is 9.75. The maximum atomic E-state index is 13.1. The summed E-state index contributed by atoms with van der Waals surface area (Å²) in [5.74, 6) is -0.419. The summed E-state index contributed by atoms with van der Waals surface area (Å²) in [4.78, 5) is 38.2. The Balaban J connectivity index is 1.58. The van der Waals surface area contributed by atoms with E-state index in [1.807, 2.05) is 6.92 Å². The van der Waals surface area contributed by atoms with Crippen molar-refractivity contribution in [2.75, 3.05) is 25.0 Å². The molecular weight excluding hydrogens is 425 g/mol. The molecule has 0 unspecified atom stereocenters. The number of Topliss-reactive ketones (excluding diaryl/α,β-unsaturated/α-hetero) is 1. The largest absolute Gasteiger partial charge is 0.482 e. The molecule has 9 heteroatoms. The van der Waals surface area contributed by atoms with Gasteiger partial charge < -0.3 is 20.7 Å². The molecule has 3 rings (SSSR count). The van der Waals surface area contributed by atoms with E-state index in [1.54, 1.807) is 11.0 Å². The highest BCUT2D eigenvalue weighted by Gasteiger charge is 2.38. The Morgan fingerprint density at radius 3 is 2.42 bits per heavy atom. The topological polar surface area (TPSA) is 102 Å². The van der Waals surface area contributed by atoms with Gasteiger partial charge in [-0.1, -0.05) is 18.5 Å². The molecule has 0 aromatic heterocycles. The van der Waals surface area contributed by atoms with Crippen molar-refractivity contribution in [3.05, 3.63) is 58.9 Å². The van der Waals surface area contributed by atoms with Gasteiger partial charge in [0.1, 0.15) is 11.6 Å². The van der Waals surface area contributed by atoms with Gasteiger partial charge in [-0.25, -0.2) is 9.18 Å². The van der Waals surface area contributed by atoms with Gasteiger partial charge in [0.05, 0.1) is 5.69 Å². The molecule has 2 aromatic carbocycles. The number of anilines is 1. The highest BCUT2D eigenvalue weighted by Crippen LogP contribution is 2.35. The number of halogens is 2. The summed E-state index contributed by atoms with van der Waals surface area (Å²) in [5.41, 5.74) is 5.25. The second-order valence-corrected chi connectivity index (χ2v) is 8.13. The van der Waals surface area contributed by atoms with E-state index in [1.165, 1.54) is 36.4 Å². The molecule has 1 fully saturated rings. The van der Waals surface area contributed by atoms with Crippen LogP contribution in [0.1, 0.15) is 30.1 Å². The molecule has 2 aromatic rings. The minimum Gasteiger partial charge on any atom is -0.482 e. The molecule has 1 aliphatic rings. The Morgan fingerprint density at radius 1 is 1.16 bits per heavy atom. The highest BCUT2D eigenvalue weighted by atomic mass is 35.5. The van der Waals surface area contributed by atoms with Gasteiger partial charge in [-0.05, 0) is 55.3 Å². The number of likely N-dealkylation sites (tertiary alicyclic amines) is 1. The first-order chi connectivity index (χ1) is 14.7. The predicted octanol–water partition coefficient (Wildman–Crippen LogP) is 3.86. The van der Waals surface area contributed by atoms with Crippen molar-refractivity contribution in [3.8, 4) is 5.75 Å². The molecule has 3 N–H and O–H groups in total. The summed E-state index contributed by atoms with van der Waals surface area (Å²) < 4.78 is 18.7. The lowest BCUT2D eigenvalue weighted by Crippen LogP contribution is -2.46. The van der Waals surface area contributed by atoms with Crippen LogP contribution in [0.2, 0.25) is 5.02 Å². The Labute approximate surface area is 184 Å². The average molecular weight is 448 g/mol. The van der Waals surface area contributed by atoms with Crippen LogP contribution in [0.15, 0.2) is 42.5 Å². The normalized spacial score (nSPS) is 15.3. The summed E-state index contributed by atoms with van der Waals surface area (Å²) in [6, 6.07) is 9.31. The Bertz CT molecular complexity index is 989. The van der Waals surface area contributed by atoms with E-state index in [9.17, 15) is 18.8 Å². The molecule has 1 heterocycles. The van der Waals surface area contributed by atoms with E-state index in [4.69, 9.17) is 22.1 Å². The molecule has 0 saturated carbocycles. The zero-order chi connectivity index (χ0) is 22.6. The Hall–Kier alpha value is -3.13. The summed E-state index contributed by atoms with van der Waals surface area (Å²) in [6.45, 7) is 2.43. The van der Waals surface area contributed by atoms with Crippen molar-refractivity contribution in [1.29, 1.82) is 0 Å². The van der Waals surface area contributed by atoms with E-state index in [-0.39, 0.29) is 29.7 Å². The van der Waals surface area contributed by atoms with E-state index in [0.29, 0.717) is 36.5 Å². The second kappa shape index (κ2) is 9.34. The molecule has 31 heavy (non-hydrogen) atoms. The molecule has 1 aliphatic heterocycles. The SMILES string of the molecule is CC1(C(=O)c2ccc(F)cc2)CCN(C(=O)COc2ccc(Cl)cc2NC(N)=O)CC1. The molecule has 3 amide bonds. The van der Waals surface area contributed by atoms with Crippen LogP contribution >= 0.6 is 11.6 Å². The summed E-state index contributed by atoms with van der Waals surface area (Å²) >= 11 is 5.92. The zero-order valence-corrected chi connectivity index (χ0v) is 17.7. The van der Waals surface area contributed by atoms with Crippen LogP contribution in [0.25, 0.3) is 0 Å². The van der Waals surface area contributed by atoms with E-state index in [2.05, 4.69) is 5.32 Å². The minimum atomic E-state index is -0.778. The zero-order valence-electron chi connectivity index (χ0n) is 17.0. The average Bonchev–Trinajstić information content (AvgIpc) is 2.73. The monoisotopic (exact) mass is 447 g/mol. The van der Waals surface area contributed by atoms with Crippen LogP contribution in [0, 0.1) is 11.2 Å². The third kappa shape index (κ3) is 5.52. The molecule has 7 nitrogen and oxygen atoms in total. The lowest BCUT2D eigenvalue weighted by atomic mass is 9.74. The smallest absolute Gasteiger partial charge is 0.316 e. The molecular formula is C22H23ClFN3O4. The fourth-order valence-electron chi connectivity index (χ4n) is 3.52. The number of benzene rings is 2. The van der Waals surface area contributed by atoms with Crippen molar-refractivity contribution in [1.82, 2.24) is 4.90 Å². The van der Waals surface area contributed by atoms with E-state index in [0.717, 1.165) is 0 Å². The molecule has 0 aliphatic carbocycles. The molecule has 0 radical (unpaired) electrons. The lowest BCUT2D eigenvalue weighted by Gasteiger charge is -2.38. The highest BCUT2D eigenvalue weighted by molar-refractivity contribution is 6.31. The van der Waals surface area contributed by atoms with Gasteiger partial charge >= 0.3 is 6.03 Å². The number of ketones is 1. The number of piperidine rings is 1. The molecule has 0 bridgehead atoms. The first kappa shape index (κ1) is 22.6. The van der Waals surface area contributed by atoms with Gasteiger partial charge in [0.15, 0.2) is 12.4 Å². The van der Waals surface area contributed by atoms with Gasteiger partial charge in [-0.15, -0.1) is 0 Å². The second-order valence-electron chi connectivity index (χ2n) is 7.70. The van der Waals surface area contributed by atoms with Crippen molar-refractivity contribution in [2.24, 2.45) is 11.1 Å². The number of hydrogen-bond donors (Lipinski definition) is 2. The minimum absolute atomic E-state index is 0.0563. The van der Waals surface area contributed by atoms with Crippen LogP contribution in [0.3, 0.4) is 0 Å².